The molecule has 198 valence electrons. The first-order valence-corrected chi connectivity index (χ1v) is 15.8. The monoisotopic (exact) mass is 568 g/mol. The molecule has 2 fully saturated rings. The summed E-state index contributed by atoms with van der Waals surface area (Å²) in [4.78, 5) is 22.0. The molecule has 2 aromatic carbocycles. The number of thiophene rings is 1. The fourth-order valence-electron chi connectivity index (χ4n) is 4.86. The first-order chi connectivity index (χ1) is 18.5. The molecule has 2 aliphatic heterocycles. The lowest BCUT2D eigenvalue weighted by Gasteiger charge is -2.31. The Labute approximate surface area is 229 Å². The molecule has 0 aliphatic carbocycles. The second-order valence-electron chi connectivity index (χ2n) is 9.35. The van der Waals surface area contributed by atoms with E-state index in [1.165, 1.54) is 22.1 Å². The lowest BCUT2D eigenvalue weighted by atomic mass is 10.1. The van der Waals surface area contributed by atoms with Crippen molar-refractivity contribution in [3.8, 4) is 9.88 Å². The third-order valence-corrected chi connectivity index (χ3v) is 11.0. The Morgan fingerprint density at radius 1 is 0.921 bits per heavy atom. The highest BCUT2D eigenvalue weighted by Gasteiger charge is 2.28. The van der Waals surface area contributed by atoms with Crippen molar-refractivity contribution in [3.05, 3.63) is 59.5 Å². The van der Waals surface area contributed by atoms with Crippen molar-refractivity contribution < 1.29 is 17.9 Å². The molecule has 11 heteroatoms. The third kappa shape index (κ3) is 5.08. The highest BCUT2D eigenvalue weighted by molar-refractivity contribution is 7.89. The van der Waals surface area contributed by atoms with Crippen LogP contribution in [0.3, 0.4) is 0 Å². The van der Waals surface area contributed by atoms with E-state index in [-0.39, 0.29) is 10.8 Å². The van der Waals surface area contributed by atoms with Crippen LogP contribution in [0, 0.1) is 0 Å². The predicted octanol–water partition coefficient (Wildman–Crippen LogP) is 5.29. The van der Waals surface area contributed by atoms with E-state index in [4.69, 9.17) is 9.72 Å². The molecule has 2 aliphatic rings. The molecule has 0 radical (unpaired) electrons. The smallest absolute Gasteiger partial charge is 0.265 e. The maximum atomic E-state index is 13.4. The summed E-state index contributed by atoms with van der Waals surface area (Å²) in [5.74, 6) is -0.262. The van der Waals surface area contributed by atoms with Gasteiger partial charge in [-0.05, 0) is 61.7 Å². The van der Waals surface area contributed by atoms with Crippen molar-refractivity contribution in [2.24, 2.45) is 0 Å². The van der Waals surface area contributed by atoms with Crippen molar-refractivity contribution in [3.63, 3.8) is 0 Å². The Hall–Kier alpha value is -2.83. The van der Waals surface area contributed by atoms with E-state index in [1.54, 1.807) is 29.5 Å². The largest absolute Gasteiger partial charge is 0.379 e. The number of nitrogens with zero attached hydrogens (tertiary/aromatic N) is 3. The number of ether oxygens (including phenoxy) is 1. The number of hydrogen-bond acceptors (Lipinski definition) is 8. The zero-order chi connectivity index (χ0) is 26.1. The van der Waals surface area contributed by atoms with Gasteiger partial charge in [-0.2, -0.15) is 4.31 Å². The van der Waals surface area contributed by atoms with Gasteiger partial charge >= 0.3 is 0 Å². The molecule has 6 rings (SSSR count). The number of aromatic nitrogens is 1. The van der Waals surface area contributed by atoms with Crippen LogP contribution in [0.5, 0.6) is 0 Å². The molecule has 1 amide bonds. The van der Waals surface area contributed by atoms with E-state index in [0.717, 1.165) is 51.7 Å². The second kappa shape index (κ2) is 10.7. The minimum atomic E-state index is -3.70. The number of nitrogens with one attached hydrogen (secondary N) is 1. The van der Waals surface area contributed by atoms with E-state index < -0.39 is 10.0 Å². The second-order valence-corrected chi connectivity index (χ2v) is 13.4. The molecule has 0 atom stereocenters. The number of anilines is 2. The Morgan fingerprint density at radius 3 is 2.50 bits per heavy atom. The number of benzene rings is 2. The number of thiazole rings is 1. The highest BCUT2D eigenvalue weighted by Crippen LogP contribution is 2.36. The molecule has 2 saturated heterocycles. The quantitative estimate of drug-likeness (QED) is 0.340. The van der Waals surface area contributed by atoms with Crippen molar-refractivity contribution in [1.82, 2.24) is 9.29 Å². The number of rotatable bonds is 6. The molecule has 0 saturated carbocycles. The molecule has 1 N–H and O–H groups in total. The van der Waals surface area contributed by atoms with Crippen LogP contribution in [0.2, 0.25) is 0 Å². The first kappa shape index (κ1) is 25.4. The summed E-state index contributed by atoms with van der Waals surface area (Å²) in [5.41, 5.74) is 2.31. The predicted molar refractivity (Wildman–Crippen MR) is 153 cm³/mol. The van der Waals surface area contributed by atoms with Gasteiger partial charge in [-0.1, -0.05) is 12.1 Å². The SMILES string of the molecule is O=C(Nc1cc(S(=O)(=O)N2CCOCC2)ccc1N1CCCCC1)c1ccc(-c2nc3ccccc3s2)s1. The van der Waals surface area contributed by atoms with E-state index >= 15 is 0 Å². The zero-order valence-electron chi connectivity index (χ0n) is 20.8. The number of amides is 1. The number of para-hydroxylation sites is 1. The average Bonchev–Trinajstić information content (AvgIpc) is 3.62. The van der Waals surface area contributed by atoms with Crippen molar-refractivity contribution in [1.29, 1.82) is 0 Å². The summed E-state index contributed by atoms with van der Waals surface area (Å²) in [6.45, 7) is 3.15. The molecule has 8 nitrogen and oxygen atoms in total. The van der Waals surface area contributed by atoms with E-state index in [0.29, 0.717) is 36.9 Å². The lowest BCUT2D eigenvalue weighted by Crippen LogP contribution is -2.40. The van der Waals surface area contributed by atoms with Gasteiger partial charge in [0, 0.05) is 26.2 Å². The van der Waals surface area contributed by atoms with Crippen LogP contribution in [-0.4, -0.2) is 63.0 Å². The van der Waals surface area contributed by atoms with Gasteiger partial charge in [0.1, 0.15) is 5.01 Å². The maximum Gasteiger partial charge on any atom is 0.265 e. The topological polar surface area (TPSA) is 91.8 Å². The Balaban J connectivity index is 1.30. The maximum absolute atomic E-state index is 13.4. The van der Waals surface area contributed by atoms with Gasteiger partial charge in [-0.3, -0.25) is 4.79 Å². The van der Waals surface area contributed by atoms with Crippen LogP contribution < -0.4 is 10.2 Å². The number of piperidine rings is 1. The number of carbonyl (C=O) groups excluding carboxylic acids is 1. The number of morpholine rings is 1. The number of carbonyl (C=O) groups is 1. The average molecular weight is 569 g/mol. The summed E-state index contributed by atoms with van der Waals surface area (Å²) in [5, 5.41) is 3.91. The normalized spacial score (nSPS) is 17.1. The lowest BCUT2D eigenvalue weighted by molar-refractivity contribution is 0.0730. The van der Waals surface area contributed by atoms with E-state index in [9.17, 15) is 13.2 Å². The van der Waals surface area contributed by atoms with Gasteiger partial charge in [0.2, 0.25) is 10.0 Å². The van der Waals surface area contributed by atoms with Gasteiger partial charge in [0.25, 0.3) is 5.91 Å². The summed E-state index contributed by atoms with van der Waals surface area (Å²) >= 11 is 2.98. The molecular weight excluding hydrogens is 541 g/mol. The van der Waals surface area contributed by atoms with Crippen LogP contribution in [0.25, 0.3) is 20.1 Å². The molecule has 0 spiro atoms. The highest BCUT2D eigenvalue weighted by atomic mass is 32.2. The van der Waals surface area contributed by atoms with Gasteiger partial charge in [-0.15, -0.1) is 22.7 Å². The van der Waals surface area contributed by atoms with Crippen molar-refractivity contribution >= 4 is 60.2 Å². The molecule has 0 bridgehead atoms. The van der Waals surface area contributed by atoms with Crippen LogP contribution in [0.4, 0.5) is 11.4 Å². The molecule has 38 heavy (non-hydrogen) atoms. The molecule has 4 heterocycles. The Kier molecular flexibility index (Phi) is 7.19. The summed E-state index contributed by atoms with van der Waals surface area (Å²) < 4.78 is 34.6. The number of hydrogen-bond donors (Lipinski definition) is 1. The van der Waals surface area contributed by atoms with Gasteiger partial charge in [0.15, 0.2) is 0 Å². The summed E-state index contributed by atoms with van der Waals surface area (Å²) in [6, 6.07) is 16.8. The molecule has 0 unspecified atom stereocenters. The molecule has 4 aromatic rings. The number of sulfonamides is 1. The zero-order valence-corrected chi connectivity index (χ0v) is 23.2. The minimum absolute atomic E-state index is 0.178. The van der Waals surface area contributed by atoms with Gasteiger partial charge < -0.3 is 15.0 Å². The molecular formula is C27H28N4O4S3. The minimum Gasteiger partial charge on any atom is -0.379 e. The standard InChI is InChI=1S/C27H28N4O4S3/c32-26(24-10-11-25(36-24)27-29-20-6-2-3-7-23(20)37-27)28-21-18-19(38(33,34)31-14-16-35-17-15-31)8-9-22(21)30-12-4-1-5-13-30/h2-3,6-11,18H,1,4-5,12-17H2,(H,28,32). The van der Waals surface area contributed by atoms with Crippen LogP contribution in [0.15, 0.2) is 59.5 Å². The van der Waals surface area contributed by atoms with E-state index in [1.807, 2.05) is 36.4 Å². The van der Waals surface area contributed by atoms with Crippen LogP contribution >= 0.6 is 22.7 Å². The Morgan fingerprint density at radius 2 is 1.71 bits per heavy atom. The fourth-order valence-corrected chi connectivity index (χ4v) is 8.21. The van der Waals surface area contributed by atoms with Crippen LogP contribution in [0.1, 0.15) is 28.9 Å². The summed E-state index contributed by atoms with van der Waals surface area (Å²) in [6.07, 6.45) is 3.31. The van der Waals surface area contributed by atoms with Crippen molar-refractivity contribution in [2.75, 3.05) is 49.6 Å². The van der Waals surface area contributed by atoms with Crippen molar-refractivity contribution in [2.45, 2.75) is 24.2 Å². The first-order valence-electron chi connectivity index (χ1n) is 12.7. The van der Waals surface area contributed by atoms with E-state index in [2.05, 4.69) is 10.2 Å². The summed E-state index contributed by atoms with van der Waals surface area (Å²) in [7, 11) is -3.70. The van der Waals surface area contributed by atoms with Crippen LogP contribution in [-0.2, 0) is 14.8 Å². The Bertz CT molecular complexity index is 1530. The van der Waals surface area contributed by atoms with Gasteiger partial charge in [0.05, 0.1) is 49.5 Å². The molecule has 2 aromatic heterocycles. The van der Waals surface area contributed by atoms with Gasteiger partial charge in [-0.25, -0.2) is 13.4 Å². The number of fused-ring (bicyclic) bond motifs is 1. The fraction of sp³-hybridized carbons (Fsp3) is 0.333. The third-order valence-electron chi connectivity index (χ3n) is 6.86.